The summed E-state index contributed by atoms with van der Waals surface area (Å²) in [4.78, 5) is 13.9. The van der Waals surface area contributed by atoms with Gasteiger partial charge in [-0.3, -0.25) is 4.79 Å². The average molecular weight is 331 g/mol. The molecule has 126 valence electrons. The van der Waals surface area contributed by atoms with Gasteiger partial charge in [-0.1, -0.05) is 19.0 Å². The molecule has 0 aliphatic rings. The summed E-state index contributed by atoms with van der Waals surface area (Å²) in [6.07, 6.45) is 1.91. The predicted molar refractivity (Wildman–Crippen MR) is 82.9 cm³/mol. The highest BCUT2D eigenvalue weighted by Crippen LogP contribution is 2.18. The Bertz CT molecular complexity index is 570. The van der Waals surface area contributed by atoms with E-state index in [1.807, 2.05) is 13.8 Å². The fourth-order valence-electron chi connectivity index (χ4n) is 2.28. The van der Waals surface area contributed by atoms with Gasteiger partial charge in [0, 0.05) is 26.1 Å². The van der Waals surface area contributed by atoms with Crippen molar-refractivity contribution in [1.82, 2.24) is 14.8 Å². The first kappa shape index (κ1) is 18.6. The van der Waals surface area contributed by atoms with E-state index in [-0.39, 0.29) is 29.5 Å². The molecule has 0 unspecified atom stereocenters. The molecular formula is C14H25N3O4S. The van der Waals surface area contributed by atoms with E-state index in [2.05, 4.69) is 9.88 Å². The monoisotopic (exact) mass is 331 g/mol. The van der Waals surface area contributed by atoms with Crippen LogP contribution in [0.2, 0.25) is 0 Å². The largest absolute Gasteiger partial charge is 0.360 e. The van der Waals surface area contributed by atoms with Crippen LogP contribution in [0.4, 0.5) is 0 Å². The number of carbonyl (C=O) groups is 1. The van der Waals surface area contributed by atoms with E-state index in [0.717, 1.165) is 12.8 Å². The van der Waals surface area contributed by atoms with Crippen LogP contribution in [0.3, 0.4) is 0 Å². The number of aryl methyl sites for hydroxylation is 2. The van der Waals surface area contributed by atoms with Crippen molar-refractivity contribution >= 4 is 15.9 Å². The molecule has 8 heteroatoms. The summed E-state index contributed by atoms with van der Waals surface area (Å²) in [6, 6.07) is 0. The van der Waals surface area contributed by atoms with E-state index >= 15 is 0 Å². The molecule has 0 spiro atoms. The third kappa shape index (κ3) is 4.81. The molecule has 1 rings (SSSR count). The number of nitrogens with zero attached hydrogens (tertiary/aromatic N) is 2. The van der Waals surface area contributed by atoms with Gasteiger partial charge in [0.05, 0.1) is 0 Å². The molecule has 0 aliphatic heterocycles. The summed E-state index contributed by atoms with van der Waals surface area (Å²) < 4.78 is 31.7. The number of hydrogen-bond acceptors (Lipinski definition) is 5. The lowest BCUT2D eigenvalue weighted by atomic mass is 10.3. The molecule has 1 amide bonds. The van der Waals surface area contributed by atoms with Crippen LogP contribution in [-0.2, 0) is 14.8 Å². The predicted octanol–water partition coefficient (Wildman–Crippen LogP) is 1.61. The molecule has 0 aliphatic carbocycles. The zero-order chi connectivity index (χ0) is 16.8. The Balaban J connectivity index is 2.61. The van der Waals surface area contributed by atoms with Crippen LogP contribution in [0.25, 0.3) is 0 Å². The van der Waals surface area contributed by atoms with Crippen molar-refractivity contribution in [3.63, 3.8) is 0 Å². The van der Waals surface area contributed by atoms with Crippen molar-refractivity contribution in [1.29, 1.82) is 0 Å². The second kappa shape index (κ2) is 8.28. The maximum Gasteiger partial charge on any atom is 0.245 e. The Morgan fingerprint density at radius 3 is 2.27 bits per heavy atom. The Kier molecular flexibility index (Phi) is 7.02. The van der Waals surface area contributed by atoms with Gasteiger partial charge in [0.25, 0.3) is 0 Å². The van der Waals surface area contributed by atoms with Crippen molar-refractivity contribution in [3.05, 3.63) is 11.5 Å². The normalized spacial score (nSPS) is 11.6. The smallest absolute Gasteiger partial charge is 0.245 e. The minimum atomic E-state index is -3.70. The van der Waals surface area contributed by atoms with Crippen molar-refractivity contribution in [2.75, 3.05) is 19.6 Å². The highest BCUT2D eigenvalue weighted by atomic mass is 32.2. The van der Waals surface area contributed by atoms with Gasteiger partial charge in [-0.15, -0.1) is 0 Å². The maximum absolute atomic E-state index is 12.2. The number of hydrogen-bond donors (Lipinski definition) is 1. The molecule has 0 fully saturated rings. The van der Waals surface area contributed by atoms with Crippen LogP contribution < -0.4 is 4.72 Å². The first-order chi connectivity index (χ1) is 10.3. The number of amides is 1. The van der Waals surface area contributed by atoms with Crippen LogP contribution in [0.15, 0.2) is 9.42 Å². The fourth-order valence-corrected chi connectivity index (χ4v) is 3.64. The minimum Gasteiger partial charge on any atom is -0.360 e. The molecule has 1 N–H and O–H groups in total. The van der Waals surface area contributed by atoms with Gasteiger partial charge < -0.3 is 9.42 Å². The highest BCUT2D eigenvalue weighted by Gasteiger charge is 2.24. The molecule has 22 heavy (non-hydrogen) atoms. The van der Waals surface area contributed by atoms with Crippen molar-refractivity contribution in [2.24, 2.45) is 0 Å². The highest BCUT2D eigenvalue weighted by molar-refractivity contribution is 7.89. The van der Waals surface area contributed by atoms with Crippen LogP contribution in [0.5, 0.6) is 0 Å². The first-order valence-electron chi connectivity index (χ1n) is 7.53. The summed E-state index contributed by atoms with van der Waals surface area (Å²) >= 11 is 0. The molecule has 1 aromatic heterocycles. The third-order valence-electron chi connectivity index (χ3n) is 3.21. The van der Waals surface area contributed by atoms with Crippen molar-refractivity contribution in [3.8, 4) is 0 Å². The SMILES string of the molecule is CCCN(CCC)C(=O)CCNS(=O)(=O)c1c(C)noc1C. The minimum absolute atomic E-state index is 0.0369. The van der Waals surface area contributed by atoms with Crippen LogP contribution >= 0.6 is 0 Å². The van der Waals surface area contributed by atoms with E-state index < -0.39 is 10.0 Å². The Morgan fingerprint density at radius 1 is 1.23 bits per heavy atom. The topological polar surface area (TPSA) is 92.5 Å². The molecule has 0 radical (unpaired) electrons. The van der Waals surface area contributed by atoms with Crippen LogP contribution in [0.1, 0.15) is 44.6 Å². The Labute approximate surface area is 132 Å². The fraction of sp³-hybridized carbons (Fsp3) is 0.714. The van der Waals surface area contributed by atoms with E-state index in [4.69, 9.17) is 4.52 Å². The molecule has 1 aromatic rings. The molecular weight excluding hydrogens is 306 g/mol. The van der Waals surface area contributed by atoms with E-state index in [9.17, 15) is 13.2 Å². The quantitative estimate of drug-likeness (QED) is 0.742. The Morgan fingerprint density at radius 2 is 1.82 bits per heavy atom. The molecule has 0 bridgehead atoms. The summed E-state index contributed by atoms with van der Waals surface area (Å²) in [6.45, 7) is 8.60. The molecule has 0 saturated carbocycles. The maximum atomic E-state index is 12.2. The zero-order valence-electron chi connectivity index (χ0n) is 13.7. The van der Waals surface area contributed by atoms with Gasteiger partial charge in [-0.05, 0) is 26.7 Å². The Hall–Kier alpha value is -1.41. The van der Waals surface area contributed by atoms with E-state index in [1.165, 1.54) is 0 Å². The van der Waals surface area contributed by atoms with Gasteiger partial charge >= 0.3 is 0 Å². The molecule has 1 heterocycles. The number of rotatable bonds is 9. The number of nitrogens with one attached hydrogen (secondary N) is 1. The first-order valence-corrected chi connectivity index (χ1v) is 9.02. The molecule has 0 atom stereocenters. The molecule has 7 nitrogen and oxygen atoms in total. The molecule has 0 saturated heterocycles. The standard InChI is InChI=1S/C14H25N3O4S/c1-5-9-17(10-6-2)13(18)7-8-15-22(19,20)14-11(3)16-21-12(14)4/h15H,5-10H2,1-4H3. The summed E-state index contributed by atoms with van der Waals surface area (Å²) in [7, 11) is -3.70. The second-order valence-corrected chi connectivity index (χ2v) is 6.89. The van der Waals surface area contributed by atoms with Gasteiger partial charge in [0.1, 0.15) is 10.6 Å². The lowest BCUT2D eigenvalue weighted by Crippen LogP contribution is -2.35. The summed E-state index contributed by atoms with van der Waals surface area (Å²) in [5, 5.41) is 3.63. The lowest BCUT2D eigenvalue weighted by Gasteiger charge is -2.21. The zero-order valence-corrected chi connectivity index (χ0v) is 14.5. The number of carbonyl (C=O) groups excluding carboxylic acids is 1. The van der Waals surface area contributed by atoms with Crippen LogP contribution in [-0.4, -0.2) is 44.0 Å². The van der Waals surface area contributed by atoms with E-state index in [0.29, 0.717) is 18.8 Å². The average Bonchev–Trinajstić information content (AvgIpc) is 2.78. The number of sulfonamides is 1. The van der Waals surface area contributed by atoms with Gasteiger partial charge in [-0.2, -0.15) is 0 Å². The third-order valence-corrected chi connectivity index (χ3v) is 4.91. The van der Waals surface area contributed by atoms with Crippen molar-refractivity contribution in [2.45, 2.75) is 51.9 Å². The van der Waals surface area contributed by atoms with Gasteiger partial charge in [0.15, 0.2) is 5.76 Å². The van der Waals surface area contributed by atoms with E-state index in [1.54, 1.807) is 18.7 Å². The van der Waals surface area contributed by atoms with Gasteiger partial charge in [-0.25, -0.2) is 13.1 Å². The summed E-state index contributed by atoms with van der Waals surface area (Å²) in [5.41, 5.74) is 0.315. The molecule has 0 aromatic carbocycles. The second-order valence-electron chi connectivity index (χ2n) is 5.18. The van der Waals surface area contributed by atoms with Crippen LogP contribution in [0, 0.1) is 13.8 Å². The van der Waals surface area contributed by atoms with Crippen molar-refractivity contribution < 1.29 is 17.7 Å². The van der Waals surface area contributed by atoms with Gasteiger partial charge in [0.2, 0.25) is 15.9 Å². The lowest BCUT2D eigenvalue weighted by molar-refractivity contribution is -0.131. The summed E-state index contributed by atoms with van der Waals surface area (Å²) in [5.74, 6) is 0.208. The number of aromatic nitrogens is 1.